The van der Waals surface area contributed by atoms with Gasteiger partial charge in [0.25, 0.3) is 5.56 Å². The van der Waals surface area contributed by atoms with Crippen LogP contribution in [-0.2, 0) is 13.0 Å². The van der Waals surface area contributed by atoms with Gasteiger partial charge in [-0.15, -0.1) is 0 Å². The van der Waals surface area contributed by atoms with E-state index in [-0.39, 0.29) is 5.56 Å². The molecule has 1 heterocycles. The molecule has 192 valence electrons. The largest absolute Gasteiger partial charge is 0.490 e. The second-order valence-corrected chi connectivity index (χ2v) is 10.4. The Labute approximate surface area is 237 Å². The molecule has 0 aliphatic carbocycles. The van der Waals surface area contributed by atoms with Gasteiger partial charge in [-0.25, -0.2) is 4.98 Å². The molecule has 4 aromatic carbocycles. The van der Waals surface area contributed by atoms with Gasteiger partial charge in [-0.1, -0.05) is 65.3 Å². The summed E-state index contributed by atoms with van der Waals surface area (Å²) < 4.78 is 15.1. The smallest absolute Gasteiger partial charge is 0.282 e. The van der Waals surface area contributed by atoms with E-state index in [2.05, 4.69) is 66.2 Å². The molecule has 0 aliphatic rings. The molecule has 0 fully saturated rings. The number of nitrogens with zero attached hydrogens (tertiary/aromatic N) is 3. The monoisotopic (exact) mass is 633 g/mol. The van der Waals surface area contributed by atoms with Crippen molar-refractivity contribution in [1.82, 2.24) is 9.66 Å². The molecule has 0 N–H and O–H groups in total. The summed E-state index contributed by atoms with van der Waals surface area (Å²) in [6, 6.07) is 23.6. The summed E-state index contributed by atoms with van der Waals surface area (Å²) in [5.74, 6) is 1.80. The topological polar surface area (TPSA) is 65.7 Å². The Morgan fingerprint density at radius 1 is 0.921 bits per heavy atom. The molecular formula is C30H25Br2N3O3. The molecule has 38 heavy (non-hydrogen) atoms. The third-order valence-electron chi connectivity index (χ3n) is 6.13. The third kappa shape index (κ3) is 5.37. The second-order valence-electron chi connectivity index (χ2n) is 8.58. The van der Waals surface area contributed by atoms with Gasteiger partial charge in [0.05, 0.1) is 23.7 Å². The maximum atomic E-state index is 13.2. The van der Waals surface area contributed by atoms with Gasteiger partial charge in [-0.2, -0.15) is 9.78 Å². The van der Waals surface area contributed by atoms with Crippen LogP contribution in [-0.4, -0.2) is 22.5 Å². The fourth-order valence-corrected chi connectivity index (χ4v) is 5.05. The zero-order valence-corrected chi connectivity index (χ0v) is 24.1. The number of aryl methyl sites for hydroxylation is 1. The summed E-state index contributed by atoms with van der Waals surface area (Å²) in [5, 5.41) is 7.35. The lowest BCUT2D eigenvalue weighted by atomic mass is 10.1. The van der Waals surface area contributed by atoms with Crippen LogP contribution in [0.5, 0.6) is 11.5 Å². The van der Waals surface area contributed by atoms with E-state index in [1.165, 1.54) is 10.1 Å². The summed E-state index contributed by atoms with van der Waals surface area (Å²) >= 11 is 7.07. The molecule has 0 bridgehead atoms. The van der Waals surface area contributed by atoms with Crippen LogP contribution in [0.3, 0.4) is 0 Å². The summed E-state index contributed by atoms with van der Waals surface area (Å²) in [6.45, 7) is 4.75. The van der Waals surface area contributed by atoms with Gasteiger partial charge >= 0.3 is 0 Å². The van der Waals surface area contributed by atoms with E-state index in [4.69, 9.17) is 9.47 Å². The number of rotatable bonds is 8. The minimum atomic E-state index is -0.222. The number of halogens is 2. The summed E-state index contributed by atoms with van der Waals surface area (Å²) in [7, 11) is 0. The first-order valence-corrected chi connectivity index (χ1v) is 13.9. The predicted octanol–water partition coefficient (Wildman–Crippen LogP) is 7.50. The van der Waals surface area contributed by atoms with Crippen molar-refractivity contribution in [3.8, 4) is 11.5 Å². The molecule has 1 aromatic heterocycles. The summed E-state index contributed by atoms with van der Waals surface area (Å²) in [4.78, 5) is 17.9. The molecule has 0 atom stereocenters. The number of ether oxygens (including phenoxy) is 2. The van der Waals surface area contributed by atoms with Gasteiger partial charge in [0, 0.05) is 20.9 Å². The average molecular weight is 635 g/mol. The van der Waals surface area contributed by atoms with Crippen LogP contribution >= 0.6 is 31.9 Å². The summed E-state index contributed by atoms with van der Waals surface area (Å²) in [5.41, 5.74) is 2.26. The molecule has 6 nitrogen and oxygen atoms in total. The van der Waals surface area contributed by atoms with Crippen LogP contribution in [0.2, 0.25) is 0 Å². The van der Waals surface area contributed by atoms with Crippen molar-refractivity contribution in [2.45, 2.75) is 26.9 Å². The van der Waals surface area contributed by atoms with E-state index < -0.39 is 0 Å². The van der Waals surface area contributed by atoms with Crippen molar-refractivity contribution in [2.75, 3.05) is 6.61 Å². The molecule has 0 saturated carbocycles. The number of hydrogen-bond acceptors (Lipinski definition) is 5. The van der Waals surface area contributed by atoms with E-state index in [0.29, 0.717) is 47.9 Å². The van der Waals surface area contributed by atoms with Crippen LogP contribution in [0.1, 0.15) is 30.8 Å². The molecule has 5 rings (SSSR count). The lowest BCUT2D eigenvalue weighted by Crippen LogP contribution is -2.22. The highest BCUT2D eigenvalue weighted by atomic mass is 79.9. The lowest BCUT2D eigenvalue weighted by molar-refractivity contribution is 0.270. The minimum Gasteiger partial charge on any atom is -0.490 e. The SMILES string of the molecule is CCOc1cc(C=Nn2c(CC)nc3ccc(Br)cc3c2=O)c(Br)cc1OCc1cccc2ccccc12. The number of aromatic nitrogens is 2. The quantitative estimate of drug-likeness (QED) is 0.166. The zero-order valence-electron chi connectivity index (χ0n) is 20.9. The van der Waals surface area contributed by atoms with Crippen LogP contribution in [0.4, 0.5) is 0 Å². The third-order valence-corrected chi connectivity index (χ3v) is 7.31. The molecule has 0 unspecified atom stereocenters. The van der Waals surface area contributed by atoms with Crippen LogP contribution < -0.4 is 15.0 Å². The summed E-state index contributed by atoms with van der Waals surface area (Å²) in [6.07, 6.45) is 2.19. The first kappa shape index (κ1) is 26.1. The highest BCUT2D eigenvalue weighted by Gasteiger charge is 2.13. The maximum absolute atomic E-state index is 13.2. The van der Waals surface area contributed by atoms with Gasteiger partial charge in [-0.05, 0) is 69.5 Å². The lowest BCUT2D eigenvalue weighted by Gasteiger charge is -2.15. The Morgan fingerprint density at radius 2 is 1.71 bits per heavy atom. The highest BCUT2D eigenvalue weighted by molar-refractivity contribution is 9.10. The Bertz CT molecular complexity index is 1730. The van der Waals surface area contributed by atoms with Crippen LogP contribution in [0.25, 0.3) is 21.7 Å². The molecule has 5 aromatic rings. The minimum absolute atomic E-state index is 0.222. The van der Waals surface area contributed by atoms with E-state index >= 15 is 0 Å². The maximum Gasteiger partial charge on any atom is 0.282 e. The fourth-order valence-electron chi connectivity index (χ4n) is 4.27. The molecule has 8 heteroatoms. The molecule has 0 radical (unpaired) electrons. The Balaban J connectivity index is 1.48. The van der Waals surface area contributed by atoms with Gasteiger partial charge in [-0.3, -0.25) is 4.79 Å². The van der Waals surface area contributed by atoms with Gasteiger partial charge in [0.2, 0.25) is 0 Å². The van der Waals surface area contributed by atoms with Crippen LogP contribution in [0, 0.1) is 0 Å². The van der Waals surface area contributed by atoms with Crippen molar-refractivity contribution in [1.29, 1.82) is 0 Å². The van der Waals surface area contributed by atoms with Crippen molar-refractivity contribution < 1.29 is 9.47 Å². The Morgan fingerprint density at radius 3 is 2.53 bits per heavy atom. The zero-order chi connectivity index (χ0) is 26.6. The number of benzene rings is 4. The highest BCUT2D eigenvalue weighted by Crippen LogP contribution is 2.34. The second kappa shape index (κ2) is 11.5. The van der Waals surface area contributed by atoms with E-state index in [0.717, 1.165) is 25.5 Å². The van der Waals surface area contributed by atoms with Crippen molar-refractivity contribution in [3.05, 3.63) is 109 Å². The standard InChI is InChI=1S/C30H25Br2N3O3/c1-3-29-34-26-13-12-22(31)15-24(26)30(36)35(29)33-17-21-14-27(37-4-2)28(16-25(21)32)38-18-20-10-7-9-19-8-5-6-11-23(19)20/h5-17H,3-4,18H2,1-2H3. The van der Waals surface area contributed by atoms with E-state index in [1.54, 1.807) is 12.3 Å². The normalized spacial score (nSPS) is 11.5. The van der Waals surface area contributed by atoms with E-state index in [1.807, 2.05) is 56.3 Å². The average Bonchev–Trinajstić information content (AvgIpc) is 2.93. The number of fused-ring (bicyclic) bond motifs is 2. The molecular weight excluding hydrogens is 610 g/mol. The fraction of sp³-hybridized carbons (Fsp3) is 0.167. The molecule has 0 aliphatic heterocycles. The van der Waals surface area contributed by atoms with Crippen molar-refractivity contribution >= 4 is 59.7 Å². The predicted molar refractivity (Wildman–Crippen MR) is 160 cm³/mol. The molecule has 0 spiro atoms. The molecule has 0 saturated heterocycles. The van der Waals surface area contributed by atoms with Gasteiger partial charge in [0.15, 0.2) is 11.5 Å². The Kier molecular flexibility index (Phi) is 7.90. The number of hydrogen-bond donors (Lipinski definition) is 0. The Hall–Kier alpha value is -3.49. The van der Waals surface area contributed by atoms with Crippen molar-refractivity contribution in [2.24, 2.45) is 5.10 Å². The van der Waals surface area contributed by atoms with Gasteiger partial charge in [0.1, 0.15) is 12.4 Å². The molecule has 0 amide bonds. The van der Waals surface area contributed by atoms with Crippen molar-refractivity contribution in [3.63, 3.8) is 0 Å². The van der Waals surface area contributed by atoms with E-state index in [9.17, 15) is 4.79 Å². The first-order valence-electron chi connectivity index (χ1n) is 12.3. The first-order chi connectivity index (χ1) is 18.5. The van der Waals surface area contributed by atoms with Crippen LogP contribution in [0.15, 0.2) is 91.6 Å². The van der Waals surface area contributed by atoms with Gasteiger partial charge < -0.3 is 9.47 Å².